The highest BCUT2D eigenvalue weighted by molar-refractivity contribution is 4.73. The standard InChI is InChI=1S/C4H5F6N/c5-3(6,7)1-2(11)4(8,9)10/h2H,1,11H2/t2-/m1/s1. The summed E-state index contributed by atoms with van der Waals surface area (Å²) < 4.78 is 67.8. The quantitative estimate of drug-likeness (QED) is 0.613. The Morgan fingerprint density at radius 3 is 1.45 bits per heavy atom. The normalized spacial score (nSPS) is 16.6. The average molecular weight is 181 g/mol. The molecule has 0 aromatic carbocycles. The lowest BCUT2D eigenvalue weighted by atomic mass is 10.2. The van der Waals surface area contributed by atoms with Gasteiger partial charge in [-0.1, -0.05) is 0 Å². The van der Waals surface area contributed by atoms with E-state index in [4.69, 9.17) is 0 Å². The van der Waals surface area contributed by atoms with Crippen LogP contribution in [0, 0.1) is 0 Å². The van der Waals surface area contributed by atoms with E-state index < -0.39 is 24.8 Å². The Balaban J connectivity index is 3.99. The van der Waals surface area contributed by atoms with Crippen molar-refractivity contribution in [1.29, 1.82) is 0 Å². The predicted molar refractivity (Wildman–Crippen MR) is 24.7 cm³/mol. The number of hydrogen-bond donors (Lipinski definition) is 1. The highest BCUT2D eigenvalue weighted by atomic mass is 19.4. The van der Waals surface area contributed by atoms with Gasteiger partial charge in [0.15, 0.2) is 0 Å². The summed E-state index contributed by atoms with van der Waals surface area (Å²) in [6.07, 6.45) is -11.9. The molecule has 0 heterocycles. The summed E-state index contributed by atoms with van der Waals surface area (Å²) in [4.78, 5) is 0. The first-order valence-electron chi connectivity index (χ1n) is 2.52. The van der Waals surface area contributed by atoms with Crippen molar-refractivity contribution in [3.05, 3.63) is 0 Å². The van der Waals surface area contributed by atoms with Gasteiger partial charge in [-0.3, -0.25) is 0 Å². The van der Waals surface area contributed by atoms with Gasteiger partial charge in [-0.2, -0.15) is 26.3 Å². The van der Waals surface area contributed by atoms with Crippen molar-refractivity contribution >= 4 is 0 Å². The van der Waals surface area contributed by atoms with Crippen molar-refractivity contribution < 1.29 is 26.3 Å². The van der Waals surface area contributed by atoms with Crippen LogP contribution in [0.2, 0.25) is 0 Å². The third kappa shape index (κ3) is 4.88. The third-order valence-electron chi connectivity index (χ3n) is 0.872. The van der Waals surface area contributed by atoms with Gasteiger partial charge in [-0.05, 0) is 0 Å². The number of rotatable bonds is 1. The molecule has 0 aliphatic rings. The summed E-state index contributed by atoms with van der Waals surface area (Å²) in [5.41, 5.74) is 4.19. The Hall–Kier alpha value is -0.460. The largest absolute Gasteiger partial charge is 0.403 e. The summed E-state index contributed by atoms with van der Waals surface area (Å²) in [7, 11) is 0. The molecule has 0 saturated heterocycles. The van der Waals surface area contributed by atoms with Crippen LogP contribution in [0.1, 0.15) is 6.42 Å². The Kier molecular flexibility index (Phi) is 2.76. The van der Waals surface area contributed by atoms with Gasteiger partial charge < -0.3 is 5.73 Å². The van der Waals surface area contributed by atoms with Gasteiger partial charge >= 0.3 is 12.4 Å². The van der Waals surface area contributed by atoms with Crippen LogP contribution in [-0.2, 0) is 0 Å². The SMILES string of the molecule is N[C@H](CC(F)(F)F)C(F)(F)F. The Morgan fingerprint density at radius 1 is 1.00 bits per heavy atom. The molecule has 7 heteroatoms. The Bertz CT molecular complexity index is 124. The van der Waals surface area contributed by atoms with Crippen LogP contribution in [-0.4, -0.2) is 18.4 Å². The second kappa shape index (κ2) is 2.88. The Labute approximate surface area is 58.2 Å². The van der Waals surface area contributed by atoms with E-state index in [1.165, 1.54) is 0 Å². The lowest BCUT2D eigenvalue weighted by molar-refractivity contribution is -0.194. The number of nitrogens with two attached hydrogens (primary N) is 1. The third-order valence-corrected chi connectivity index (χ3v) is 0.872. The zero-order valence-electron chi connectivity index (χ0n) is 5.13. The Morgan fingerprint density at radius 2 is 1.36 bits per heavy atom. The molecule has 0 rings (SSSR count). The lowest BCUT2D eigenvalue weighted by Crippen LogP contribution is -2.40. The van der Waals surface area contributed by atoms with Crippen LogP contribution in [0.4, 0.5) is 26.3 Å². The molecular formula is C4H5F6N. The van der Waals surface area contributed by atoms with Crippen molar-refractivity contribution in [2.45, 2.75) is 24.8 Å². The van der Waals surface area contributed by atoms with Gasteiger partial charge in [-0.25, -0.2) is 0 Å². The molecule has 1 atom stereocenters. The molecule has 68 valence electrons. The summed E-state index contributed by atoms with van der Waals surface area (Å²) >= 11 is 0. The van der Waals surface area contributed by atoms with E-state index in [0.29, 0.717) is 0 Å². The van der Waals surface area contributed by atoms with Crippen molar-refractivity contribution in [2.75, 3.05) is 0 Å². The highest BCUT2D eigenvalue weighted by Gasteiger charge is 2.44. The molecule has 2 N–H and O–H groups in total. The monoisotopic (exact) mass is 181 g/mol. The molecule has 0 aromatic rings. The zero-order valence-corrected chi connectivity index (χ0v) is 5.13. The fourth-order valence-corrected chi connectivity index (χ4v) is 0.365. The predicted octanol–water partition coefficient (Wildman–Crippen LogP) is 1.83. The fourth-order valence-electron chi connectivity index (χ4n) is 0.365. The first-order valence-corrected chi connectivity index (χ1v) is 2.52. The smallest absolute Gasteiger partial charge is 0.320 e. The minimum atomic E-state index is -4.98. The van der Waals surface area contributed by atoms with E-state index in [9.17, 15) is 26.3 Å². The van der Waals surface area contributed by atoms with Crippen molar-refractivity contribution in [2.24, 2.45) is 5.73 Å². The molecule has 0 aliphatic heterocycles. The lowest BCUT2D eigenvalue weighted by Gasteiger charge is -2.16. The van der Waals surface area contributed by atoms with Crippen molar-refractivity contribution in [3.8, 4) is 0 Å². The second-order valence-corrected chi connectivity index (χ2v) is 1.97. The van der Waals surface area contributed by atoms with Gasteiger partial charge in [0.1, 0.15) is 6.04 Å². The summed E-state index contributed by atoms with van der Waals surface area (Å²) in [6, 6.07) is -2.82. The van der Waals surface area contributed by atoms with Crippen LogP contribution in [0.25, 0.3) is 0 Å². The topological polar surface area (TPSA) is 26.0 Å². The van der Waals surface area contributed by atoms with Crippen LogP contribution in [0.3, 0.4) is 0 Å². The maximum atomic E-state index is 11.4. The highest BCUT2D eigenvalue weighted by Crippen LogP contribution is 2.28. The average Bonchev–Trinajstić information content (AvgIpc) is 1.56. The van der Waals surface area contributed by atoms with Gasteiger partial charge in [-0.15, -0.1) is 0 Å². The maximum Gasteiger partial charge on any atom is 0.403 e. The van der Waals surface area contributed by atoms with Crippen LogP contribution >= 0.6 is 0 Å². The van der Waals surface area contributed by atoms with E-state index in [0.717, 1.165) is 0 Å². The molecule has 0 bridgehead atoms. The number of halogens is 6. The maximum absolute atomic E-state index is 11.4. The zero-order chi connectivity index (χ0) is 9.28. The molecule has 0 aromatic heterocycles. The molecule has 0 radical (unpaired) electrons. The van der Waals surface area contributed by atoms with E-state index in [2.05, 4.69) is 5.73 Å². The molecule has 0 spiro atoms. The summed E-state index contributed by atoms with van der Waals surface area (Å²) in [5, 5.41) is 0. The summed E-state index contributed by atoms with van der Waals surface area (Å²) in [6.45, 7) is 0. The van der Waals surface area contributed by atoms with E-state index in [1.807, 2.05) is 0 Å². The minimum Gasteiger partial charge on any atom is -0.320 e. The molecular weight excluding hydrogens is 176 g/mol. The van der Waals surface area contributed by atoms with Gasteiger partial charge in [0, 0.05) is 0 Å². The van der Waals surface area contributed by atoms with E-state index in [1.54, 1.807) is 0 Å². The van der Waals surface area contributed by atoms with Crippen LogP contribution < -0.4 is 5.73 Å². The molecule has 1 nitrogen and oxygen atoms in total. The first kappa shape index (κ1) is 10.5. The molecule has 0 aliphatic carbocycles. The van der Waals surface area contributed by atoms with Gasteiger partial charge in [0.05, 0.1) is 6.42 Å². The van der Waals surface area contributed by atoms with Crippen LogP contribution in [0.15, 0.2) is 0 Å². The van der Waals surface area contributed by atoms with Crippen molar-refractivity contribution in [1.82, 2.24) is 0 Å². The fraction of sp³-hybridized carbons (Fsp3) is 1.00. The molecule has 0 saturated carbocycles. The molecule has 0 unspecified atom stereocenters. The minimum absolute atomic E-state index is 2.03. The van der Waals surface area contributed by atoms with Crippen molar-refractivity contribution in [3.63, 3.8) is 0 Å². The number of hydrogen-bond acceptors (Lipinski definition) is 1. The van der Waals surface area contributed by atoms with E-state index in [-0.39, 0.29) is 0 Å². The molecule has 0 fully saturated rings. The second-order valence-electron chi connectivity index (χ2n) is 1.97. The number of alkyl halides is 6. The van der Waals surface area contributed by atoms with Gasteiger partial charge in [0.25, 0.3) is 0 Å². The summed E-state index contributed by atoms with van der Waals surface area (Å²) in [5.74, 6) is 0. The van der Waals surface area contributed by atoms with Gasteiger partial charge in [0.2, 0.25) is 0 Å². The first-order chi connectivity index (χ1) is 4.63. The van der Waals surface area contributed by atoms with E-state index >= 15 is 0 Å². The molecule has 11 heavy (non-hydrogen) atoms. The van der Waals surface area contributed by atoms with Crippen LogP contribution in [0.5, 0.6) is 0 Å². The molecule has 0 amide bonds.